The number of benzene rings is 1. The van der Waals surface area contributed by atoms with Gasteiger partial charge in [-0.25, -0.2) is 0 Å². The molecule has 0 spiro atoms. The molecule has 1 fully saturated rings. The Morgan fingerprint density at radius 1 is 1.36 bits per heavy atom. The standard InChI is InChI=1S/C16H21ClN2O3/c1-4-9(2)18-15(20)11-8-12(11)16(21)19-10-5-6-14(22-3)13(17)7-10/h5-7,9,11-12H,4,8H2,1-3H3,(H,18,20)(H,19,21). The van der Waals surface area contributed by atoms with Crippen molar-refractivity contribution >= 4 is 29.1 Å². The number of ether oxygens (including phenoxy) is 1. The van der Waals surface area contributed by atoms with Gasteiger partial charge < -0.3 is 15.4 Å². The maximum absolute atomic E-state index is 12.1. The van der Waals surface area contributed by atoms with Gasteiger partial charge in [0.1, 0.15) is 5.75 Å². The fourth-order valence-corrected chi connectivity index (χ4v) is 2.46. The largest absolute Gasteiger partial charge is 0.495 e. The van der Waals surface area contributed by atoms with E-state index in [0.717, 1.165) is 6.42 Å². The number of halogens is 1. The topological polar surface area (TPSA) is 67.4 Å². The zero-order chi connectivity index (χ0) is 16.3. The predicted molar refractivity (Wildman–Crippen MR) is 86.1 cm³/mol. The Morgan fingerprint density at radius 2 is 2.05 bits per heavy atom. The van der Waals surface area contributed by atoms with E-state index in [9.17, 15) is 9.59 Å². The molecule has 1 saturated carbocycles. The van der Waals surface area contributed by atoms with Gasteiger partial charge in [0.25, 0.3) is 0 Å². The molecule has 3 unspecified atom stereocenters. The molecule has 2 rings (SSSR count). The van der Waals surface area contributed by atoms with Gasteiger partial charge in [-0.05, 0) is 38.0 Å². The molecule has 3 atom stereocenters. The highest BCUT2D eigenvalue weighted by atomic mass is 35.5. The summed E-state index contributed by atoms with van der Waals surface area (Å²) in [5, 5.41) is 6.13. The molecule has 1 aromatic rings. The van der Waals surface area contributed by atoms with Gasteiger partial charge in [0.2, 0.25) is 11.8 Å². The van der Waals surface area contributed by atoms with Gasteiger partial charge in [0.15, 0.2) is 0 Å². The lowest BCUT2D eigenvalue weighted by Crippen LogP contribution is -2.34. The van der Waals surface area contributed by atoms with Gasteiger partial charge in [-0.1, -0.05) is 18.5 Å². The van der Waals surface area contributed by atoms with Crippen molar-refractivity contribution in [2.75, 3.05) is 12.4 Å². The molecule has 1 aliphatic carbocycles. The molecule has 0 heterocycles. The van der Waals surface area contributed by atoms with Gasteiger partial charge in [0.05, 0.1) is 24.0 Å². The molecular weight excluding hydrogens is 304 g/mol. The fourth-order valence-electron chi connectivity index (χ4n) is 2.21. The second kappa shape index (κ2) is 7.01. The number of nitrogens with one attached hydrogen (secondary N) is 2. The number of anilines is 1. The van der Waals surface area contributed by atoms with Crippen molar-refractivity contribution < 1.29 is 14.3 Å². The van der Waals surface area contributed by atoms with E-state index in [1.165, 1.54) is 7.11 Å². The molecule has 120 valence electrons. The Balaban J connectivity index is 1.89. The zero-order valence-corrected chi connectivity index (χ0v) is 13.7. The minimum absolute atomic E-state index is 0.0396. The summed E-state index contributed by atoms with van der Waals surface area (Å²) in [6.45, 7) is 3.96. The number of carbonyl (C=O) groups is 2. The summed E-state index contributed by atoms with van der Waals surface area (Å²) in [5.74, 6) is -0.114. The highest BCUT2D eigenvalue weighted by Gasteiger charge is 2.48. The first kappa shape index (κ1) is 16.6. The van der Waals surface area contributed by atoms with Gasteiger partial charge in [-0.2, -0.15) is 0 Å². The van der Waals surface area contributed by atoms with E-state index in [2.05, 4.69) is 10.6 Å². The molecule has 0 aliphatic heterocycles. The van der Waals surface area contributed by atoms with Crippen LogP contribution in [0, 0.1) is 11.8 Å². The Morgan fingerprint density at radius 3 is 2.64 bits per heavy atom. The number of carbonyl (C=O) groups excluding carboxylic acids is 2. The molecule has 2 amide bonds. The van der Waals surface area contributed by atoms with E-state index in [1.54, 1.807) is 18.2 Å². The number of amides is 2. The van der Waals surface area contributed by atoms with Crippen LogP contribution in [0.1, 0.15) is 26.7 Å². The van der Waals surface area contributed by atoms with Crippen molar-refractivity contribution in [3.63, 3.8) is 0 Å². The zero-order valence-electron chi connectivity index (χ0n) is 13.0. The number of hydrogen-bond donors (Lipinski definition) is 2. The summed E-state index contributed by atoms with van der Waals surface area (Å²) >= 11 is 6.02. The lowest BCUT2D eigenvalue weighted by Gasteiger charge is -2.11. The Labute approximate surface area is 135 Å². The third kappa shape index (κ3) is 3.91. The average Bonchev–Trinajstić information content (AvgIpc) is 3.28. The van der Waals surface area contributed by atoms with Crippen LogP contribution in [0.4, 0.5) is 5.69 Å². The maximum atomic E-state index is 12.1. The fraction of sp³-hybridized carbons (Fsp3) is 0.500. The average molecular weight is 325 g/mol. The first-order chi connectivity index (χ1) is 10.5. The third-order valence-corrected chi connectivity index (χ3v) is 4.18. The summed E-state index contributed by atoms with van der Waals surface area (Å²) in [6.07, 6.45) is 1.47. The van der Waals surface area contributed by atoms with Crippen molar-refractivity contribution in [3.8, 4) is 5.75 Å². The SMILES string of the molecule is CCC(C)NC(=O)C1CC1C(=O)Nc1ccc(OC)c(Cl)c1. The molecule has 6 heteroatoms. The first-order valence-electron chi connectivity index (χ1n) is 7.41. The molecule has 0 bridgehead atoms. The highest BCUT2D eigenvalue weighted by Crippen LogP contribution is 2.40. The Hall–Kier alpha value is -1.75. The van der Waals surface area contributed by atoms with Crippen molar-refractivity contribution in [3.05, 3.63) is 23.2 Å². The lowest BCUT2D eigenvalue weighted by atomic mass is 10.2. The maximum Gasteiger partial charge on any atom is 0.228 e. The quantitative estimate of drug-likeness (QED) is 0.845. The van der Waals surface area contributed by atoms with Crippen molar-refractivity contribution in [2.24, 2.45) is 11.8 Å². The smallest absolute Gasteiger partial charge is 0.228 e. The normalized spacial score (nSPS) is 20.9. The summed E-state index contributed by atoms with van der Waals surface area (Å²) in [5.41, 5.74) is 0.601. The summed E-state index contributed by atoms with van der Waals surface area (Å²) in [6, 6.07) is 5.18. The van der Waals surface area contributed by atoms with Crippen LogP contribution in [0.15, 0.2) is 18.2 Å². The van der Waals surface area contributed by atoms with E-state index in [1.807, 2.05) is 13.8 Å². The summed E-state index contributed by atoms with van der Waals surface area (Å²) < 4.78 is 5.06. The molecule has 1 aromatic carbocycles. The van der Waals surface area contributed by atoms with Crippen molar-refractivity contribution in [1.82, 2.24) is 5.32 Å². The Kier molecular flexibility index (Phi) is 5.29. The van der Waals surface area contributed by atoms with Crippen LogP contribution in [-0.4, -0.2) is 25.0 Å². The molecular formula is C16H21ClN2O3. The second-order valence-electron chi connectivity index (χ2n) is 5.61. The minimum atomic E-state index is -0.259. The van der Waals surface area contributed by atoms with Crippen LogP contribution in [-0.2, 0) is 9.59 Å². The van der Waals surface area contributed by atoms with Crippen molar-refractivity contribution in [2.45, 2.75) is 32.7 Å². The monoisotopic (exact) mass is 324 g/mol. The van der Waals surface area contributed by atoms with Gasteiger partial charge in [0, 0.05) is 11.7 Å². The van der Waals surface area contributed by atoms with E-state index < -0.39 is 0 Å². The summed E-state index contributed by atoms with van der Waals surface area (Å²) in [7, 11) is 1.53. The first-order valence-corrected chi connectivity index (χ1v) is 7.78. The highest BCUT2D eigenvalue weighted by molar-refractivity contribution is 6.32. The molecule has 0 aromatic heterocycles. The number of methoxy groups -OCH3 is 1. The van der Waals surface area contributed by atoms with Gasteiger partial charge in [-0.3, -0.25) is 9.59 Å². The van der Waals surface area contributed by atoms with Crippen LogP contribution < -0.4 is 15.4 Å². The van der Waals surface area contributed by atoms with E-state index >= 15 is 0 Å². The van der Waals surface area contributed by atoms with Crippen LogP contribution in [0.3, 0.4) is 0 Å². The second-order valence-corrected chi connectivity index (χ2v) is 6.01. The number of hydrogen-bond acceptors (Lipinski definition) is 3. The van der Waals surface area contributed by atoms with Crippen LogP contribution >= 0.6 is 11.6 Å². The third-order valence-electron chi connectivity index (χ3n) is 3.88. The predicted octanol–water partition coefficient (Wildman–Crippen LogP) is 2.84. The van der Waals surface area contributed by atoms with Crippen LogP contribution in [0.25, 0.3) is 0 Å². The van der Waals surface area contributed by atoms with Gasteiger partial charge in [-0.15, -0.1) is 0 Å². The van der Waals surface area contributed by atoms with Crippen molar-refractivity contribution in [1.29, 1.82) is 0 Å². The molecule has 1 aliphatic rings. The summed E-state index contributed by atoms with van der Waals surface area (Å²) in [4.78, 5) is 24.1. The van der Waals surface area contributed by atoms with E-state index in [0.29, 0.717) is 22.9 Å². The Bertz CT molecular complexity index is 577. The molecule has 0 saturated heterocycles. The number of rotatable bonds is 6. The molecule has 0 radical (unpaired) electrons. The van der Waals surface area contributed by atoms with E-state index in [4.69, 9.17) is 16.3 Å². The lowest BCUT2D eigenvalue weighted by molar-refractivity contribution is -0.125. The van der Waals surface area contributed by atoms with Crippen LogP contribution in [0.2, 0.25) is 5.02 Å². The van der Waals surface area contributed by atoms with Crippen LogP contribution in [0.5, 0.6) is 5.75 Å². The molecule has 2 N–H and O–H groups in total. The molecule has 5 nitrogen and oxygen atoms in total. The molecule has 22 heavy (non-hydrogen) atoms. The van der Waals surface area contributed by atoms with E-state index in [-0.39, 0.29) is 29.7 Å². The minimum Gasteiger partial charge on any atom is -0.495 e. The van der Waals surface area contributed by atoms with Gasteiger partial charge >= 0.3 is 0 Å².